The molecule has 8 nitrogen and oxygen atoms in total. The van der Waals surface area contributed by atoms with Crippen molar-refractivity contribution >= 4 is 56.6 Å². The van der Waals surface area contributed by atoms with E-state index in [1.807, 2.05) is 26.2 Å². The number of hydrogen-bond donors (Lipinski definition) is 3. The van der Waals surface area contributed by atoms with E-state index in [9.17, 15) is 4.79 Å². The van der Waals surface area contributed by atoms with Crippen molar-refractivity contribution in [2.75, 3.05) is 43.1 Å². The molecule has 1 aromatic carbocycles. The van der Waals surface area contributed by atoms with Gasteiger partial charge in [-0.1, -0.05) is 0 Å². The third-order valence-electron chi connectivity index (χ3n) is 6.44. The van der Waals surface area contributed by atoms with E-state index < -0.39 is 0 Å². The monoisotopic (exact) mass is 449 g/mol. The van der Waals surface area contributed by atoms with E-state index in [4.69, 9.17) is 11.1 Å². The lowest BCUT2D eigenvalue weighted by Crippen LogP contribution is -2.37. The lowest BCUT2D eigenvalue weighted by molar-refractivity contribution is -0.133. The van der Waals surface area contributed by atoms with Gasteiger partial charge in [-0.25, -0.2) is 9.97 Å². The minimum atomic E-state index is 0.0280. The highest BCUT2D eigenvalue weighted by Crippen LogP contribution is 2.42. The molecule has 5 rings (SSSR count). The number of nitrogen functional groups attached to an aromatic ring is 1. The summed E-state index contributed by atoms with van der Waals surface area (Å²) in [7, 11) is 3.64. The van der Waals surface area contributed by atoms with Gasteiger partial charge >= 0.3 is 0 Å². The van der Waals surface area contributed by atoms with Crippen LogP contribution in [0.15, 0.2) is 18.5 Å². The molecule has 9 heteroatoms. The van der Waals surface area contributed by atoms with Crippen LogP contribution in [0.4, 0.5) is 22.9 Å². The summed E-state index contributed by atoms with van der Waals surface area (Å²) in [5.74, 6) is 0.991. The standard InChI is InChI=1S/C23H27N7OS/c1-29(2)23(31)13-4-5-15-19(9-13)32-22-20(15)21(26-12-27-22)28-17-8-14(11-24)16(25)10-18(17)30-6-3-7-30/h8,10-13,24H,3-7,9,25H2,1-2H3,(H,26,27,28)/t13-/m0/s1. The van der Waals surface area contributed by atoms with Crippen molar-refractivity contribution in [3.05, 3.63) is 34.5 Å². The first-order chi connectivity index (χ1) is 15.5. The molecule has 3 heterocycles. The average Bonchev–Trinajstić information content (AvgIpc) is 3.12. The normalized spacial score (nSPS) is 17.6. The highest BCUT2D eigenvalue weighted by molar-refractivity contribution is 7.19. The van der Waals surface area contributed by atoms with Crippen LogP contribution in [0.5, 0.6) is 0 Å². The maximum absolute atomic E-state index is 12.5. The molecule has 1 amide bonds. The Morgan fingerprint density at radius 1 is 1.34 bits per heavy atom. The number of amides is 1. The minimum absolute atomic E-state index is 0.0280. The number of thiophene rings is 1. The second-order valence-corrected chi connectivity index (χ2v) is 9.77. The van der Waals surface area contributed by atoms with Gasteiger partial charge in [-0.05, 0) is 43.4 Å². The van der Waals surface area contributed by atoms with Gasteiger partial charge in [0.15, 0.2) is 0 Å². The molecule has 3 aromatic rings. The molecule has 1 aliphatic carbocycles. The Kier molecular flexibility index (Phi) is 5.21. The molecule has 2 aliphatic rings. The molecular weight excluding hydrogens is 422 g/mol. The van der Waals surface area contributed by atoms with Crippen LogP contribution in [0.2, 0.25) is 0 Å². The number of aromatic nitrogens is 2. The van der Waals surface area contributed by atoms with E-state index >= 15 is 0 Å². The van der Waals surface area contributed by atoms with Crippen LogP contribution in [0.3, 0.4) is 0 Å². The molecule has 4 N–H and O–H groups in total. The van der Waals surface area contributed by atoms with Gasteiger partial charge in [0.2, 0.25) is 5.91 Å². The number of nitrogens with one attached hydrogen (secondary N) is 2. The van der Waals surface area contributed by atoms with Crippen LogP contribution in [0.25, 0.3) is 10.2 Å². The molecule has 32 heavy (non-hydrogen) atoms. The van der Waals surface area contributed by atoms with Crippen molar-refractivity contribution in [2.45, 2.75) is 25.7 Å². The van der Waals surface area contributed by atoms with Crippen LogP contribution in [0.1, 0.15) is 28.8 Å². The average molecular weight is 450 g/mol. The van der Waals surface area contributed by atoms with E-state index in [1.165, 1.54) is 16.7 Å². The topological polar surface area (TPSA) is 111 Å². The quantitative estimate of drug-likeness (QED) is 0.407. The fraction of sp³-hybridized carbons (Fsp3) is 0.391. The summed E-state index contributed by atoms with van der Waals surface area (Å²) in [4.78, 5) is 27.8. The largest absolute Gasteiger partial charge is 0.398 e. The Labute approximate surface area is 191 Å². The van der Waals surface area contributed by atoms with E-state index in [1.54, 1.807) is 22.6 Å². The number of aryl methyl sites for hydroxylation is 1. The van der Waals surface area contributed by atoms with Crippen LogP contribution in [-0.4, -0.2) is 54.2 Å². The first-order valence-electron chi connectivity index (χ1n) is 10.9. The minimum Gasteiger partial charge on any atom is -0.398 e. The molecule has 1 saturated heterocycles. The first kappa shape index (κ1) is 20.7. The molecular formula is C23H27N7OS. The van der Waals surface area contributed by atoms with Crippen LogP contribution < -0.4 is 16.0 Å². The van der Waals surface area contributed by atoms with E-state index in [2.05, 4.69) is 20.2 Å². The van der Waals surface area contributed by atoms with Gasteiger partial charge in [-0.3, -0.25) is 4.79 Å². The van der Waals surface area contributed by atoms with Gasteiger partial charge in [0.05, 0.1) is 16.8 Å². The molecule has 1 fully saturated rings. The molecule has 166 valence electrons. The number of carbonyl (C=O) groups is 1. The summed E-state index contributed by atoms with van der Waals surface area (Å²) in [5.41, 5.74) is 10.6. The molecule has 0 bridgehead atoms. The second kappa shape index (κ2) is 8.05. The number of benzene rings is 1. The molecule has 1 aliphatic heterocycles. The zero-order valence-electron chi connectivity index (χ0n) is 18.3. The number of nitrogens with two attached hydrogens (primary N) is 1. The number of fused-ring (bicyclic) bond motifs is 3. The predicted octanol–water partition coefficient (Wildman–Crippen LogP) is 3.42. The Morgan fingerprint density at radius 3 is 2.84 bits per heavy atom. The van der Waals surface area contributed by atoms with Crippen LogP contribution in [-0.2, 0) is 17.6 Å². The van der Waals surface area contributed by atoms with Gasteiger partial charge in [-0.15, -0.1) is 11.3 Å². The molecule has 2 aromatic heterocycles. The third-order valence-corrected chi connectivity index (χ3v) is 7.60. The summed E-state index contributed by atoms with van der Waals surface area (Å²) in [6, 6.07) is 3.87. The Bertz CT molecular complexity index is 1210. The zero-order chi connectivity index (χ0) is 22.4. The van der Waals surface area contributed by atoms with Gasteiger partial charge in [0.1, 0.15) is 17.0 Å². The maximum atomic E-state index is 12.5. The molecule has 0 saturated carbocycles. The summed E-state index contributed by atoms with van der Waals surface area (Å²) in [5, 5.41) is 12.3. The Morgan fingerprint density at radius 2 is 2.16 bits per heavy atom. The zero-order valence-corrected chi connectivity index (χ0v) is 19.1. The number of anilines is 4. The van der Waals surface area contributed by atoms with Crippen molar-refractivity contribution < 1.29 is 4.79 Å². The molecule has 0 unspecified atom stereocenters. The van der Waals surface area contributed by atoms with E-state index in [-0.39, 0.29) is 11.8 Å². The lowest BCUT2D eigenvalue weighted by atomic mass is 9.87. The van der Waals surface area contributed by atoms with Crippen molar-refractivity contribution in [1.29, 1.82) is 5.41 Å². The highest BCUT2D eigenvalue weighted by atomic mass is 32.1. The maximum Gasteiger partial charge on any atom is 0.225 e. The predicted molar refractivity (Wildman–Crippen MR) is 130 cm³/mol. The number of carbonyl (C=O) groups excluding carboxylic acids is 1. The number of nitrogens with zero attached hydrogens (tertiary/aromatic N) is 4. The highest BCUT2D eigenvalue weighted by Gasteiger charge is 2.30. The summed E-state index contributed by atoms with van der Waals surface area (Å²) < 4.78 is 0. The van der Waals surface area contributed by atoms with Crippen LogP contribution >= 0.6 is 11.3 Å². The van der Waals surface area contributed by atoms with Crippen molar-refractivity contribution in [3.8, 4) is 0 Å². The van der Waals surface area contributed by atoms with Gasteiger partial charge < -0.3 is 26.3 Å². The molecule has 1 atom stereocenters. The SMILES string of the molecule is CN(C)C(=O)[C@H]1CCc2c(sc3ncnc(Nc4cc(C=N)c(N)cc4N4CCC4)c23)C1. The van der Waals surface area contributed by atoms with E-state index in [0.29, 0.717) is 11.3 Å². The number of rotatable bonds is 5. The second-order valence-electron chi connectivity index (χ2n) is 8.69. The first-order valence-corrected chi connectivity index (χ1v) is 11.7. The molecule has 0 radical (unpaired) electrons. The Hall–Kier alpha value is -3.20. The van der Waals surface area contributed by atoms with Gasteiger partial charge in [-0.2, -0.15) is 0 Å². The fourth-order valence-electron chi connectivity index (χ4n) is 4.57. The van der Waals surface area contributed by atoms with E-state index in [0.717, 1.165) is 66.2 Å². The molecule has 0 spiro atoms. The smallest absolute Gasteiger partial charge is 0.225 e. The van der Waals surface area contributed by atoms with Gasteiger partial charge in [0.25, 0.3) is 0 Å². The lowest BCUT2D eigenvalue weighted by Gasteiger charge is -2.35. The summed E-state index contributed by atoms with van der Waals surface area (Å²) >= 11 is 1.67. The Balaban J connectivity index is 1.54. The van der Waals surface area contributed by atoms with Crippen molar-refractivity contribution in [2.24, 2.45) is 5.92 Å². The van der Waals surface area contributed by atoms with Crippen LogP contribution in [0, 0.1) is 11.3 Å². The van der Waals surface area contributed by atoms with Crippen molar-refractivity contribution in [3.63, 3.8) is 0 Å². The number of hydrogen-bond acceptors (Lipinski definition) is 8. The third kappa shape index (κ3) is 3.46. The summed E-state index contributed by atoms with van der Waals surface area (Å²) in [6.45, 7) is 1.98. The fourth-order valence-corrected chi connectivity index (χ4v) is 5.84. The van der Waals surface area contributed by atoms with Gasteiger partial charge in [0, 0.05) is 55.4 Å². The van der Waals surface area contributed by atoms with Crippen molar-refractivity contribution in [1.82, 2.24) is 14.9 Å². The summed E-state index contributed by atoms with van der Waals surface area (Å²) in [6.07, 6.45) is 6.47.